The molecule has 0 N–H and O–H groups in total. The van der Waals surface area contributed by atoms with Crippen LogP contribution in [0, 0.1) is 18.3 Å². The van der Waals surface area contributed by atoms with Gasteiger partial charge in [-0.25, -0.2) is 4.98 Å². The molecule has 1 aromatic carbocycles. The van der Waals surface area contributed by atoms with E-state index >= 15 is 0 Å². The second-order valence-corrected chi connectivity index (χ2v) is 7.25. The summed E-state index contributed by atoms with van der Waals surface area (Å²) in [6.07, 6.45) is 0.994. The van der Waals surface area contributed by atoms with Gasteiger partial charge in [0.25, 0.3) is 0 Å². The van der Waals surface area contributed by atoms with E-state index in [-0.39, 0.29) is 0 Å². The molecule has 128 valence electrons. The van der Waals surface area contributed by atoms with E-state index in [9.17, 15) is 5.26 Å². The normalized spacial score (nSPS) is 11.0. The third kappa shape index (κ3) is 3.98. The summed E-state index contributed by atoms with van der Waals surface area (Å²) in [4.78, 5) is 8.31. The van der Waals surface area contributed by atoms with Crippen molar-refractivity contribution in [2.45, 2.75) is 13.3 Å². The maximum absolute atomic E-state index is 9.50. The Hall–Kier alpha value is -2.42. The van der Waals surface area contributed by atoms with E-state index in [1.807, 2.05) is 37.3 Å². The maximum atomic E-state index is 9.50. The SMILES string of the molecule is Cc1ccc2c(-c3ccc(OCCCN(C)C)cc3)c(C#N)sc2n1. The minimum absolute atomic E-state index is 0.700. The number of hydrogen-bond acceptors (Lipinski definition) is 5. The van der Waals surface area contributed by atoms with E-state index in [0.717, 1.165) is 45.8 Å². The molecular formula is C20H21N3OS. The molecule has 2 heterocycles. The van der Waals surface area contributed by atoms with E-state index in [1.54, 1.807) is 0 Å². The lowest BCUT2D eigenvalue weighted by atomic mass is 10.0. The van der Waals surface area contributed by atoms with Crippen molar-refractivity contribution < 1.29 is 4.74 Å². The predicted octanol–water partition coefficient (Wildman–Crippen LogP) is 4.47. The standard InChI is InChI=1S/C20H21N3OS/c1-14-5-10-17-19(18(13-21)25-20(17)22-14)15-6-8-16(9-7-15)24-12-4-11-23(2)3/h5-10H,4,11-12H2,1-3H3. The topological polar surface area (TPSA) is 49.1 Å². The second kappa shape index (κ2) is 7.64. The molecule has 0 atom stereocenters. The van der Waals surface area contributed by atoms with Gasteiger partial charge in [0.05, 0.1) is 6.61 Å². The summed E-state index contributed by atoms with van der Waals surface area (Å²) in [5, 5.41) is 10.5. The Morgan fingerprint density at radius 2 is 1.92 bits per heavy atom. The van der Waals surface area contributed by atoms with Gasteiger partial charge in [-0.15, -0.1) is 11.3 Å². The van der Waals surface area contributed by atoms with E-state index in [4.69, 9.17) is 4.74 Å². The van der Waals surface area contributed by atoms with Gasteiger partial charge in [0.1, 0.15) is 21.5 Å². The first-order chi connectivity index (χ1) is 12.1. The average molecular weight is 351 g/mol. The summed E-state index contributed by atoms with van der Waals surface area (Å²) >= 11 is 1.45. The minimum Gasteiger partial charge on any atom is -0.494 e. The van der Waals surface area contributed by atoms with E-state index in [2.05, 4.69) is 36.1 Å². The fourth-order valence-corrected chi connectivity index (χ4v) is 3.76. The van der Waals surface area contributed by atoms with Gasteiger partial charge in [-0.2, -0.15) is 5.26 Å². The fraction of sp³-hybridized carbons (Fsp3) is 0.300. The van der Waals surface area contributed by atoms with Crippen LogP contribution in [0.3, 0.4) is 0 Å². The van der Waals surface area contributed by atoms with Crippen LogP contribution in [0.2, 0.25) is 0 Å². The van der Waals surface area contributed by atoms with Crippen molar-refractivity contribution in [2.75, 3.05) is 27.2 Å². The highest BCUT2D eigenvalue weighted by Gasteiger charge is 2.15. The van der Waals surface area contributed by atoms with Crippen molar-refractivity contribution in [2.24, 2.45) is 0 Å². The second-order valence-electron chi connectivity index (χ2n) is 6.25. The van der Waals surface area contributed by atoms with Crippen LogP contribution in [0.1, 0.15) is 17.0 Å². The van der Waals surface area contributed by atoms with Crippen molar-refractivity contribution in [3.8, 4) is 22.9 Å². The molecule has 0 fully saturated rings. The van der Waals surface area contributed by atoms with Gasteiger partial charge in [0, 0.05) is 23.2 Å². The third-order valence-corrected chi connectivity index (χ3v) is 4.96. The number of pyridine rings is 1. The van der Waals surface area contributed by atoms with Gasteiger partial charge in [-0.1, -0.05) is 12.1 Å². The number of ether oxygens (including phenoxy) is 1. The van der Waals surface area contributed by atoms with Crippen molar-refractivity contribution in [1.29, 1.82) is 5.26 Å². The maximum Gasteiger partial charge on any atom is 0.125 e. The quantitative estimate of drug-likeness (QED) is 0.615. The smallest absolute Gasteiger partial charge is 0.125 e. The van der Waals surface area contributed by atoms with Crippen molar-refractivity contribution in [3.05, 3.63) is 47.0 Å². The zero-order chi connectivity index (χ0) is 17.8. The molecule has 25 heavy (non-hydrogen) atoms. The number of rotatable bonds is 6. The fourth-order valence-electron chi connectivity index (χ4n) is 2.72. The average Bonchev–Trinajstić information content (AvgIpc) is 2.96. The van der Waals surface area contributed by atoms with Crippen LogP contribution in [0.25, 0.3) is 21.3 Å². The molecular weight excluding hydrogens is 330 g/mol. The van der Waals surface area contributed by atoms with Crippen molar-refractivity contribution in [3.63, 3.8) is 0 Å². The molecule has 0 saturated carbocycles. The molecule has 5 heteroatoms. The summed E-state index contributed by atoms with van der Waals surface area (Å²) in [5.41, 5.74) is 2.95. The summed E-state index contributed by atoms with van der Waals surface area (Å²) in [6.45, 7) is 3.68. The van der Waals surface area contributed by atoms with Gasteiger partial charge in [-0.3, -0.25) is 0 Å². The first-order valence-electron chi connectivity index (χ1n) is 8.26. The highest BCUT2D eigenvalue weighted by atomic mass is 32.1. The molecule has 2 aromatic heterocycles. The number of aryl methyl sites for hydroxylation is 1. The highest BCUT2D eigenvalue weighted by molar-refractivity contribution is 7.19. The molecule has 0 spiro atoms. The first kappa shape index (κ1) is 17.4. The van der Waals surface area contributed by atoms with E-state index in [0.29, 0.717) is 11.5 Å². The molecule has 0 radical (unpaired) electrons. The van der Waals surface area contributed by atoms with Gasteiger partial charge in [0.2, 0.25) is 0 Å². The Morgan fingerprint density at radius 3 is 2.60 bits per heavy atom. The number of benzene rings is 1. The molecule has 4 nitrogen and oxygen atoms in total. The number of fused-ring (bicyclic) bond motifs is 1. The number of aromatic nitrogens is 1. The van der Waals surface area contributed by atoms with Crippen LogP contribution in [0.15, 0.2) is 36.4 Å². The molecule has 0 amide bonds. The number of nitrogens with zero attached hydrogens (tertiary/aromatic N) is 3. The van der Waals surface area contributed by atoms with Crippen LogP contribution in [0.4, 0.5) is 0 Å². The zero-order valence-electron chi connectivity index (χ0n) is 14.7. The largest absolute Gasteiger partial charge is 0.494 e. The lowest BCUT2D eigenvalue weighted by Gasteiger charge is -2.10. The van der Waals surface area contributed by atoms with E-state index in [1.165, 1.54) is 11.3 Å². The summed E-state index contributed by atoms with van der Waals surface area (Å²) in [7, 11) is 4.12. The molecule has 0 aliphatic rings. The zero-order valence-corrected chi connectivity index (χ0v) is 15.6. The molecule has 3 rings (SSSR count). The Bertz CT molecular complexity index is 907. The molecule has 0 unspecified atom stereocenters. The number of hydrogen-bond donors (Lipinski definition) is 0. The van der Waals surface area contributed by atoms with Gasteiger partial charge >= 0.3 is 0 Å². The summed E-state index contributed by atoms with van der Waals surface area (Å²) < 4.78 is 5.79. The van der Waals surface area contributed by atoms with Gasteiger partial charge < -0.3 is 9.64 Å². The van der Waals surface area contributed by atoms with E-state index < -0.39 is 0 Å². The van der Waals surface area contributed by atoms with Crippen LogP contribution < -0.4 is 4.74 Å². The molecule has 0 aliphatic heterocycles. The van der Waals surface area contributed by atoms with Crippen LogP contribution in [-0.2, 0) is 0 Å². The first-order valence-corrected chi connectivity index (χ1v) is 9.08. The highest BCUT2D eigenvalue weighted by Crippen LogP contribution is 2.38. The molecule has 3 aromatic rings. The van der Waals surface area contributed by atoms with Crippen molar-refractivity contribution >= 4 is 21.6 Å². The Balaban J connectivity index is 1.83. The lowest BCUT2D eigenvalue weighted by Crippen LogP contribution is -2.15. The Kier molecular flexibility index (Phi) is 5.32. The van der Waals surface area contributed by atoms with Gasteiger partial charge in [0.15, 0.2) is 0 Å². The van der Waals surface area contributed by atoms with Crippen molar-refractivity contribution in [1.82, 2.24) is 9.88 Å². The van der Waals surface area contributed by atoms with Crippen LogP contribution in [-0.4, -0.2) is 37.1 Å². The predicted molar refractivity (Wildman–Crippen MR) is 103 cm³/mol. The molecule has 0 bridgehead atoms. The van der Waals surface area contributed by atoms with Crippen LogP contribution >= 0.6 is 11.3 Å². The lowest BCUT2D eigenvalue weighted by molar-refractivity contribution is 0.281. The number of nitriles is 1. The van der Waals surface area contributed by atoms with Crippen LogP contribution in [0.5, 0.6) is 5.75 Å². The van der Waals surface area contributed by atoms with Gasteiger partial charge in [-0.05, 0) is 57.3 Å². The summed E-state index contributed by atoms with van der Waals surface area (Å²) in [5.74, 6) is 0.856. The Labute approximate surface area is 152 Å². The third-order valence-electron chi connectivity index (χ3n) is 3.96. The minimum atomic E-state index is 0.700. The number of thiophene rings is 1. The molecule has 0 aliphatic carbocycles. The summed E-state index contributed by atoms with van der Waals surface area (Å²) in [6, 6.07) is 14.3. The monoisotopic (exact) mass is 351 g/mol. The molecule has 0 saturated heterocycles. The Morgan fingerprint density at radius 1 is 1.16 bits per heavy atom.